The minimum atomic E-state index is 0.440. The summed E-state index contributed by atoms with van der Waals surface area (Å²) in [6.45, 7) is 3.35. The maximum atomic E-state index is 6.06. The molecule has 0 aliphatic heterocycles. The maximum absolute atomic E-state index is 6.06. The zero-order valence-corrected chi connectivity index (χ0v) is 14.7. The van der Waals surface area contributed by atoms with Crippen molar-refractivity contribution in [2.75, 3.05) is 0 Å². The van der Waals surface area contributed by atoms with E-state index in [0.29, 0.717) is 5.88 Å². The van der Waals surface area contributed by atoms with Crippen LogP contribution in [0.3, 0.4) is 0 Å². The van der Waals surface area contributed by atoms with E-state index >= 15 is 0 Å². The second-order valence-electron chi connectivity index (χ2n) is 6.22. The molecule has 0 atom stereocenters. The van der Waals surface area contributed by atoms with Crippen molar-refractivity contribution in [3.63, 3.8) is 0 Å². The highest BCUT2D eigenvalue weighted by Gasteiger charge is 2.19. The van der Waals surface area contributed by atoms with E-state index in [-0.39, 0.29) is 0 Å². The van der Waals surface area contributed by atoms with Crippen molar-refractivity contribution in [1.29, 1.82) is 0 Å². The Morgan fingerprint density at radius 1 is 1.33 bits per heavy atom. The minimum absolute atomic E-state index is 0.440. The largest absolute Gasteiger partial charge is 0.312 e. The summed E-state index contributed by atoms with van der Waals surface area (Å²) in [5.41, 5.74) is 1.88. The summed E-state index contributed by atoms with van der Waals surface area (Å²) in [4.78, 5) is 9.13. The summed E-state index contributed by atoms with van der Waals surface area (Å²) in [5.74, 6) is 3.13. The molecule has 0 bridgehead atoms. The van der Waals surface area contributed by atoms with E-state index in [1.54, 1.807) is 0 Å². The second kappa shape index (κ2) is 6.66. The number of rotatable bonds is 4. The van der Waals surface area contributed by atoms with Crippen LogP contribution in [0.15, 0.2) is 16.7 Å². The van der Waals surface area contributed by atoms with Gasteiger partial charge < -0.3 is 4.57 Å². The smallest absolute Gasteiger partial charge is 0.160 e. The molecule has 0 spiro atoms. The molecule has 1 aliphatic carbocycles. The first-order valence-corrected chi connectivity index (χ1v) is 9.06. The van der Waals surface area contributed by atoms with Gasteiger partial charge in [-0.1, -0.05) is 32.6 Å². The Kier molecular flexibility index (Phi) is 4.85. The number of hydrogen-bond donors (Lipinski definition) is 0. The van der Waals surface area contributed by atoms with Gasteiger partial charge in [0.1, 0.15) is 11.3 Å². The average molecular weight is 371 g/mol. The van der Waals surface area contributed by atoms with Crippen LogP contribution in [-0.2, 0) is 12.4 Å². The Morgan fingerprint density at radius 2 is 2.10 bits per heavy atom. The van der Waals surface area contributed by atoms with Gasteiger partial charge in [0, 0.05) is 17.2 Å². The molecule has 2 aromatic heterocycles. The Hall–Kier alpha value is -0.610. The molecule has 0 radical (unpaired) electrons. The second-order valence-corrected chi connectivity index (χ2v) is 7.41. The van der Waals surface area contributed by atoms with Gasteiger partial charge in [0.05, 0.1) is 5.88 Å². The van der Waals surface area contributed by atoms with E-state index in [1.807, 2.05) is 12.3 Å². The molecule has 0 saturated heterocycles. The highest BCUT2D eigenvalue weighted by atomic mass is 79.9. The van der Waals surface area contributed by atoms with Crippen LogP contribution in [0.5, 0.6) is 0 Å². The highest BCUT2D eigenvalue weighted by molar-refractivity contribution is 9.10. The fourth-order valence-electron chi connectivity index (χ4n) is 3.30. The fourth-order valence-corrected chi connectivity index (χ4v) is 3.82. The molecule has 0 N–H and O–H groups in total. The molecule has 1 aliphatic rings. The van der Waals surface area contributed by atoms with E-state index in [1.165, 1.54) is 32.1 Å². The summed E-state index contributed by atoms with van der Waals surface area (Å²) in [5, 5.41) is 0. The number of aromatic nitrogens is 3. The van der Waals surface area contributed by atoms with Crippen LogP contribution in [0.25, 0.3) is 11.2 Å². The monoisotopic (exact) mass is 369 g/mol. The van der Waals surface area contributed by atoms with Crippen LogP contribution >= 0.6 is 27.5 Å². The van der Waals surface area contributed by atoms with Crippen molar-refractivity contribution in [2.24, 2.45) is 11.8 Å². The quantitative estimate of drug-likeness (QED) is 0.697. The number of hydrogen-bond acceptors (Lipinski definition) is 2. The minimum Gasteiger partial charge on any atom is -0.312 e. The van der Waals surface area contributed by atoms with E-state index < -0.39 is 0 Å². The van der Waals surface area contributed by atoms with Gasteiger partial charge >= 0.3 is 0 Å². The normalized spacial score (nSPS) is 22.8. The highest BCUT2D eigenvalue weighted by Crippen LogP contribution is 2.31. The molecule has 0 aromatic carbocycles. The summed E-state index contributed by atoms with van der Waals surface area (Å²) in [6.07, 6.45) is 8.53. The molecule has 1 fully saturated rings. The lowest BCUT2D eigenvalue weighted by Crippen LogP contribution is -2.15. The van der Waals surface area contributed by atoms with Crippen molar-refractivity contribution in [3.8, 4) is 0 Å². The molecule has 0 amide bonds. The van der Waals surface area contributed by atoms with Crippen LogP contribution in [0.2, 0.25) is 0 Å². The van der Waals surface area contributed by atoms with E-state index in [9.17, 15) is 0 Å². The first-order valence-electron chi connectivity index (χ1n) is 7.74. The van der Waals surface area contributed by atoms with Gasteiger partial charge in [-0.3, -0.25) is 0 Å². The zero-order chi connectivity index (χ0) is 14.8. The Balaban J connectivity index is 1.76. The predicted octanol–water partition coefficient (Wildman–Crippen LogP) is 5.15. The summed E-state index contributed by atoms with van der Waals surface area (Å²) >= 11 is 9.51. The first-order chi connectivity index (χ1) is 10.2. The Bertz CT molecular complexity index is 617. The van der Waals surface area contributed by atoms with Gasteiger partial charge in [0.2, 0.25) is 0 Å². The Labute approximate surface area is 139 Å². The number of imidazole rings is 1. The van der Waals surface area contributed by atoms with Crippen LogP contribution < -0.4 is 0 Å². The number of halogens is 2. The SMILES string of the molecule is CC1CCC(CCn2c(CCl)nc3cc(Br)cnc32)CC1. The van der Waals surface area contributed by atoms with Crippen molar-refractivity contribution >= 4 is 38.7 Å². The Morgan fingerprint density at radius 3 is 2.81 bits per heavy atom. The molecule has 3 rings (SSSR count). The number of fused-ring (bicyclic) bond motifs is 1. The maximum Gasteiger partial charge on any atom is 0.160 e. The molecule has 0 unspecified atom stereocenters. The lowest BCUT2D eigenvalue weighted by molar-refractivity contribution is 0.269. The topological polar surface area (TPSA) is 30.7 Å². The molecule has 2 heterocycles. The third-order valence-corrected chi connectivity index (χ3v) is 5.32. The van der Waals surface area contributed by atoms with E-state index in [4.69, 9.17) is 11.6 Å². The van der Waals surface area contributed by atoms with Gasteiger partial charge in [0.15, 0.2) is 5.65 Å². The first kappa shape index (κ1) is 15.3. The molecule has 21 heavy (non-hydrogen) atoms. The predicted molar refractivity (Wildman–Crippen MR) is 90.5 cm³/mol. The molecular weight excluding hydrogens is 350 g/mol. The van der Waals surface area contributed by atoms with Crippen LogP contribution in [0.1, 0.15) is 44.9 Å². The molecule has 3 nitrogen and oxygen atoms in total. The third-order valence-electron chi connectivity index (χ3n) is 4.65. The lowest BCUT2D eigenvalue weighted by atomic mass is 9.81. The molecule has 1 saturated carbocycles. The number of nitrogens with zero attached hydrogens (tertiary/aromatic N) is 3. The van der Waals surface area contributed by atoms with Crippen molar-refractivity contribution in [3.05, 3.63) is 22.6 Å². The summed E-state index contributed by atoms with van der Waals surface area (Å²) in [7, 11) is 0. The number of pyridine rings is 1. The standard InChI is InChI=1S/C16H21BrClN3/c1-11-2-4-12(5-3-11)6-7-21-15(9-18)20-14-8-13(17)10-19-16(14)21/h8,10-12H,2-7,9H2,1H3. The summed E-state index contributed by atoms with van der Waals surface area (Å²) < 4.78 is 3.16. The van der Waals surface area contributed by atoms with Crippen molar-refractivity contribution in [2.45, 2.75) is 51.5 Å². The van der Waals surface area contributed by atoms with Crippen molar-refractivity contribution in [1.82, 2.24) is 14.5 Å². The summed E-state index contributed by atoms with van der Waals surface area (Å²) in [6, 6.07) is 2.01. The number of aryl methyl sites for hydroxylation is 1. The molecule has 114 valence electrons. The van der Waals surface area contributed by atoms with Gasteiger partial charge in [-0.2, -0.15) is 0 Å². The average Bonchev–Trinajstić information content (AvgIpc) is 2.83. The molecule has 2 aromatic rings. The van der Waals surface area contributed by atoms with Gasteiger partial charge in [-0.05, 0) is 40.3 Å². The van der Waals surface area contributed by atoms with Crippen molar-refractivity contribution < 1.29 is 0 Å². The van der Waals surface area contributed by atoms with Gasteiger partial charge in [0.25, 0.3) is 0 Å². The lowest BCUT2D eigenvalue weighted by Gasteiger charge is -2.26. The third kappa shape index (κ3) is 3.42. The number of alkyl halides is 1. The van der Waals surface area contributed by atoms with E-state index in [0.717, 1.165) is 39.8 Å². The zero-order valence-electron chi connectivity index (χ0n) is 12.4. The van der Waals surface area contributed by atoms with Crippen LogP contribution in [0.4, 0.5) is 0 Å². The fraction of sp³-hybridized carbons (Fsp3) is 0.625. The van der Waals surface area contributed by atoms with Gasteiger partial charge in [-0.25, -0.2) is 9.97 Å². The van der Waals surface area contributed by atoms with Crippen LogP contribution in [-0.4, -0.2) is 14.5 Å². The molecular formula is C16H21BrClN3. The van der Waals surface area contributed by atoms with Crippen LogP contribution in [0, 0.1) is 11.8 Å². The van der Waals surface area contributed by atoms with E-state index in [2.05, 4.69) is 37.4 Å². The van der Waals surface area contributed by atoms with Gasteiger partial charge in [-0.15, -0.1) is 11.6 Å². The molecule has 5 heteroatoms.